The van der Waals surface area contributed by atoms with Gasteiger partial charge in [0, 0.05) is 6.61 Å². The third kappa shape index (κ3) is 5.26. The molecule has 0 aliphatic rings. The van der Waals surface area contributed by atoms with Crippen LogP contribution in [0.1, 0.15) is 24.3 Å². The molecule has 0 spiro atoms. The van der Waals surface area contributed by atoms with E-state index in [1.807, 2.05) is 0 Å². The smallest absolute Gasteiger partial charge is 0.356 e. The minimum Gasteiger partial charge on any atom is -0.476 e. The van der Waals surface area contributed by atoms with E-state index in [-0.39, 0.29) is 5.69 Å². The lowest BCUT2D eigenvalue weighted by Gasteiger charge is -2.07. The van der Waals surface area contributed by atoms with Gasteiger partial charge < -0.3 is 14.6 Å². The van der Waals surface area contributed by atoms with Gasteiger partial charge in [-0.15, -0.1) is 0 Å². The maximum absolute atomic E-state index is 10.5. The van der Waals surface area contributed by atoms with Gasteiger partial charge in [0.05, 0.1) is 19.0 Å². The van der Waals surface area contributed by atoms with E-state index >= 15 is 0 Å². The topological polar surface area (TPSA) is 81.5 Å². The van der Waals surface area contributed by atoms with Crippen molar-refractivity contribution in [3.63, 3.8) is 0 Å². The van der Waals surface area contributed by atoms with E-state index in [9.17, 15) is 4.79 Å². The van der Waals surface area contributed by atoms with E-state index in [1.54, 1.807) is 0 Å². The Morgan fingerprint density at radius 3 is 2.65 bits per heavy atom. The molecule has 0 aliphatic heterocycles. The molecule has 1 rings (SSSR count). The molecule has 0 amide bonds. The monoisotopic (exact) mass is 240 g/mol. The molecule has 1 heterocycles. The minimum atomic E-state index is -1.11. The van der Waals surface area contributed by atoms with Gasteiger partial charge in [-0.25, -0.2) is 14.8 Å². The zero-order valence-corrected chi connectivity index (χ0v) is 9.92. The van der Waals surface area contributed by atoms with Crippen molar-refractivity contribution in [2.75, 3.05) is 19.8 Å². The molecule has 6 heteroatoms. The molecule has 0 saturated heterocycles. The number of carbonyl (C=O) groups is 1. The fourth-order valence-electron chi connectivity index (χ4n) is 1.03. The standard InChI is InChI=1S/C11H16N2O4/c1-8(2)7-16-3-4-17-10-6-12-9(5-13-10)11(14)15/h5-6,8H,3-4,7H2,1-2H3,(H,14,15). The lowest BCUT2D eigenvalue weighted by Crippen LogP contribution is -2.11. The molecule has 0 radical (unpaired) electrons. The van der Waals surface area contributed by atoms with Gasteiger partial charge in [0.1, 0.15) is 6.61 Å². The lowest BCUT2D eigenvalue weighted by atomic mass is 10.2. The van der Waals surface area contributed by atoms with E-state index in [2.05, 4.69) is 23.8 Å². The summed E-state index contributed by atoms with van der Waals surface area (Å²) in [5.74, 6) is -0.322. The van der Waals surface area contributed by atoms with Crippen LogP contribution in [0.3, 0.4) is 0 Å². The summed E-state index contributed by atoms with van der Waals surface area (Å²) in [4.78, 5) is 18.0. The van der Waals surface area contributed by atoms with Crippen molar-refractivity contribution in [1.29, 1.82) is 0 Å². The van der Waals surface area contributed by atoms with Crippen molar-refractivity contribution in [2.45, 2.75) is 13.8 Å². The van der Waals surface area contributed by atoms with Gasteiger partial charge in [-0.2, -0.15) is 0 Å². The van der Waals surface area contributed by atoms with Crippen molar-refractivity contribution in [3.05, 3.63) is 18.1 Å². The lowest BCUT2D eigenvalue weighted by molar-refractivity contribution is 0.0688. The van der Waals surface area contributed by atoms with Crippen molar-refractivity contribution in [1.82, 2.24) is 9.97 Å². The van der Waals surface area contributed by atoms with Crippen LogP contribution in [0.2, 0.25) is 0 Å². The first-order chi connectivity index (χ1) is 8.09. The summed E-state index contributed by atoms with van der Waals surface area (Å²) >= 11 is 0. The fraction of sp³-hybridized carbons (Fsp3) is 0.545. The molecule has 0 aliphatic carbocycles. The van der Waals surface area contributed by atoms with E-state index in [0.29, 0.717) is 31.6 Å². The summed E-state index contributed by atoms with van der Waals surface area (Å²) < 4.78 is 10.5. The average Bonchev–Trinajstić information content (AvgIpc) is 2.29. The minimum absolute atomic E-state index is 0.103. The summed E-state index contributed by atoms with van der Waals surface area (Å²) in [5.41, 5.74) is -0.103. The van der Waals surface area contributed by atoms with Gasteiger partial charge in [0.25, 0.3) is 0 Å². The van der Waals surface area contributed by atoms with Crippen LogP contribution in [0, 0.1) is 5.92 Å². The summed E-state index contributed by atoms with van der Waals surface area (Å²) in [5, 5.41) is 8.61. The van der Waals surface area contributed by atoms with Gasteiger partial charge in [0.2, 0.25) is 5.88 Å². The third-order valence-electron chi connectivity index (χ3n) is 1.78. The van der Waals surface area contributed by atoms with Crippen LogP contribution in [-0.2, 0) is 4.74 Å². The molecular weight excluding hydrogens is 224 g/mol. The number of rotatable bonds is 7. The Balaban J connectivity index is 2.25. The summed E-state index contributed by atoms with van der Waals surface area (Å²) in [7, 11) is 0. The number of aromatic nitrogens is 2. The van der Waals surface area contributed by atoms with E-state index in [1.165, 1.54) is 6.20 Å². The Morgan fingerprint density at radius 2 is 2.12 bits per heavy atom. The average molecular weight is 240 g/mol. The van der Waals surface area contributed by atoms with Crippen molar-refractivity contribution in [2.24, 2.45) is 5.92 Å². The number of aromatic carboxylic acids is 1. The molecule has 1 aromatic heterocycles. The Kier molecular flexibility index (Phi) is 5.35. The highest BCUT2D eigenvalue weighted by atomic mass is 16.5. The molecule has 0 bridgehead atoms. The maximum atomic E-state index is 10.5. The van der Waals surface area contributed by atoms with Crippen molar-refractivity contribution < 1.29 is 19.4 Å². The summed E-state index contributed by atoms with van der Waals surface area (Å²) in [6, 6.07) is 0. The maximum Gasteiger partial charge on any atom is 0.356 e. The predicted octanol–water partition coefficient (Wildman–Crippen LogP) is 1.23. The Labute approximate surface area is 99.6 Å². The van der Waals surface area contributed by atoms with Gasteiger partial charge >= 0.3 is 5.97 Å². The molecule has 94 valence electrons. The van der Waals surface area contributed by atoms with E-state index in [4.69, 9.17) is 14.6 Å². The van der Waals surface area contributed by atoms with E-state index < -0.39 is 5.97 Å². The zero-order chi connectivity index (χ0) is 12.7. The molecule has 0 aromatic carbocycles. The molecule has 17 heavy (non-hydrogen) atoms. The normalized spacial score (nSPS) is 10.5. The van der Waals surface area contributed by atoms with Crippen molar-refractivity contribution >= 4 is 5.97 Å². The highest BCUT2D eigenvalue weighted by Gasteiger charge is 2.05. The van der Waals surface area contributed by atoms with Crippen LogP contribution in [0.4, 0.5) is 0 Å². The number of hydrogen-bond acceptors (Lipinski definition) is 5. The predicted molar refractivity (Wildman–Crippen MR) is 60.1 cm³/mol. The van der Waals surface area contributed by atoms with Crippen LogP contribution in [-0.4, -0.2) is 40.9 Å². The second-order valence-electron chi connectivity index (χ2n) is 3.86. The molecule has 6 nitrogen and oxygen atoms in total. The van der Waals surface area contributed by atoms with Gasteiger partial charge in [-0.3, -0.25) is 0 Å². The molecule has 0 unspecified atom stereocenters. The third-order valence-corrected chi connectivity index (χ3v) is 1.78. The van der Waals surface area contributed by atoms with Gasteiger partial charge in [0.15, 0.2) is 5.69 Å². The zero-order valence-electron chi connectivity index (χ0n) is 9.92. The number of carboxylic acid groups (broad SMARTS) is 1. The van der Waals surface area contributed by atoms with E-state index in [0.717, 1.165) is 6.20 Å². The summed E-state index contributed by atoms with van der Waals surface area (Å²) in [6.07, 6.45) is 2.44. The molecule has 1 N–H and O–H groups in total. The first-order valence-corrected chi connectivity index (χ1v) is 5.35. The second kappa shape index (κ2) is 6.80. The van der Waals surface area contributed by atoms with Crippen LogP contribution in [0.5, 0.6) is 5.88 Å². The second-order valence-corrected chi connectivity index (χ2v) is 3.86. The number of nitrogens with zero attached hydrogens (tertiary/aromatic N) is 2. The van der Waals surface area contributed by atoms with Gasteiger partial charge in [-0.1, -0.05) is 13.8 Å². The number of ether oxygens (including phenoxy) is 2. The highest BCUT2D eigenvalue weighted by molar-refractivity contribution is 5.84. The SMILES string of the molecule is CC(C)COCCOc1cnc(C(=O)O)cn1. The molecule has 1 aromatic rings. The van der Waals surface area contributed by atoms with Crippen LogP contribution in [0.25, 0.3) is 0 Å². The first-order valence-electron chi connectivity index (χ1n) is 5.35. The fourth-order valence-corrected chi connectivity index (χ4v) is 1.03. The van der Waals surface area contributed by atoms with Crippen LogP contribution in [0.15, 0.2) is 12.4 Å². The molecule has 0 saturated carbocycles. The number of carboxylic acids is 1. The van der Waals surface area contributed by atoms with Crippen molar-refractivity contribution in [3.8, 4) is 5.88 Å². The highest BCUT2D eigenvalue weighted by Crippen LogP contribution is 2.03. The molecular formula is C11H16N2O4. The summed E-state index contributed by atoms with van der Waals surface area (Å²) in [6.45, 7) is 5.66. The Bertz CT molecular complexity index is 351. The van der Waals surface area contributed by atoms with Crippen LogP contribution < -0.4 is 4.74 Å². The Morgan fingerprint density at radius 1 is 1.35 bits per heavy atom. The number of hydrogen-bond donors (Lipinski definition) is 1. The molecule has 0 fully saturated rings. The van der Waals surface area contributed by atoms with Crippen LogP contribution >= 0.6 is 0 Å². The first kappa shape index (κ1) is 13.4. The van der Waals surface area contributed by atoms with Gasteiger partial charge in [-0.05, 0) is 5.92 Å². The Hall–Kier alpha value is -1.69. The molecule has 0 atom stereocenters. The largest absolute Gasteiger partial charge is 0.476 e. The quantitative estimate of drug-likeness (QED) is 0.722.